The summed E-state index contributed by atoms with van der Waals surface area (Å²) in [5.41, 5.74) is 0.801. The Morgan fingerprint density at radius 1 is 1.42 bits per heavy atom. The van der Waals surface area contributed by atoms with Gasteiger partial charge in [-0.15, -0.1) is 0 Å². The summed E-state index contributed by atoms with van der Waals surface area (Å²) in [4.78, 5) is 13.9. The van der Waals surface area contributed by atoms with Crippen LogP contribution in [-0.2, 0) is 11.3 Å². The quantitative estimate of drug-likeness (QED) is 0.789. The van der Waals surface area contributed by atoms with E-state index in [1.54, 1.807) is 31.0 Å². The second-order valence-corrected chi connectivity index (χ2v) is 5.84. The summed E-state index contributed by atoms with van der Waals surface area (Å²) in [6.07, 6.45) is 2.60. The molecule has 1 amide bonds. The van der Waals surface area contributed by atoms with Crippen molar-refractivity contribution in [3.05, 3.63) is 23.8 Å². The maximum atomic E-state index is 12.4. The molecule has 0 radical (unpaired) electrons. The first kappa shape index (κ1) is 18.4. The zero-order chi connectivity index (χ0) is 17.5. The number of hydrogen-bond donors (Lipinski definition) is 1. The lowest BCUT2D eigenvalue weighted by Crippen LogP contribution is -2.33. The van der Waals surface area contributed by atoms with E-state index in [0.29, 0.717) is 19.6 Å². The van der Waals surface area contributed by atoms with Crippen LogP contribution in [-0.4, -0.2) is 43.7 Å². The molecule has 2 rings (SSSR count). The van der Waals surface area contributed by atoms with E-state index in [2.05, 4.69) is 10.1 Å². The number of benzene rings is 1. The molecule has 1 N–H and O–H groups in total. The Bertz CT molecular complexity index is 549. The van der Waals surface area contributed by atoms with E-state index in [-0.39, 0.29) is 23.4 Å². The van der Waals surface area contributed by atoms with Gasteiger partial charge in [0, 0.05) is 26.1 Å². The molecule has 5 nitrogen and oxygen atoms in total. The maximum absolute atomic E-state index is 12.4. The Morgan fingerprint density at radius 3 is 2.83 bits per heavy atom. The van der Waals surface area contributed by atoms with Crippen LogP contribution >= 0.6 is 0 Å². The summed E-state index contributed by atoms with van der Waals surface area (Å²) < 4.78 is 34.6. The molecule has 134 valence electrons. The number of carbonyl (C=O) groups is 1. The zero-order valence-electron chi connectivity index (χ0n) is 14.1. The van der Waals surface area contributed by atoms with Crippen molar-refractivity contribution in [2.24, 2.45) is 0 Å². The Morgan fingerprint density at radius 2 is 2.21 bits per heavy atom. The van der Waals surface area contributed by atoms with Gasteiger partial charge in [0.25, 0.3) is 0 Å². The summed E-state index contributed by atoms with van der Waals surface area (Å²) in [6.45, 7) is 0.554. The second kappa shape index (κ2) is 8.82. The molecule has 0 aromatic heterocycles. The number of alkyl halides is 2. The second-order valence-electron chi connectivity index (χ2n) is 5.84. The number of carbonyl (C=O) groups excluding carboxylic acids is 1. The summed E-state index contributed by atoms with van der Waals surface area (Å²) in [7, 11) is 1.74. The third-order valence-corrected chi connectivity index (χ3v) is 3.95. The molecular formula is C17H24F2N2O3. The first-order valence-electron chi connectivity index (χ1n) is 8.17. The molecule has 1 fully saturated rings. The Hall–Kier alpha value is -1.89. The molecule has 1 atom stereocenters. The van der Waals surface area contributed by atoms with Gasteiger partial charge in [-0.2, -0.15) is 8.78 Å². The molecule has 0 spiro atoms. The fourth-order valence-electron chi connectivity index (χ4n) is 2.77. The van der Waals surface area contributed by atoms with E-state index < -0.39 is 6.61 Å². The third-order valence-electron chi connectivity index (χ3n) is 3.95. The number of hydrogen-bond acceptors (Lipinski definition) is 4. The highest BCUT2D eigenvalue weighted by Gasteiger charge is 2.20. The van der Waals surface area contributed by atoms with Crippen molar-refractivity contribution in [1.82, 2.24) is 10.2 Å². The van der Waals surface area contributed by atoms with Crippen LogP contribution < -0.4 is 14.8 Å². The fourth-order valence-corrected chi connectivity index (χ4v) is 2.77. The highest BCUT2D eigenvalue weighted by Crippen LogP contribution is 2.30. The summed E-state index contributed by atoms with van der Waals surface area (Å²) in [5, 5.41) is 3.30. The van der Waals surface area contributed by atoms with Crippen molar-refractivity contribution in [1.29, 1.82) is 0 Å². The molecule has 0 bridgehead atoms. The van der Waals surface area contributed by atoms with Crippen LogP contribution in [0.15, 0.2) is 18.2 Å². The molecule has 1 heterocycles. The minimum absolute atomic E-state index is 0.000245. The number of amides is 1. The van der Waals surface area contributed by atoms with Gasteiger partial charge in [0.1, 0.15) is 0 Å². The smallest absolute Gasteiger partial charge is 0.387 e. The number of nitrogens with one attached hydrogen (secondary N) is 1. The van der Waals surface area contributed by atoms with Crippen molar-refractivity contribution in [2.45, 2.75) is 45.4 Å². The van der Waals surface area contributed by atoms with Gasteiger partial charge in [0.05, 0.1) is 6.61 Å². The van der Waals surface area contributed by atoms with Crippen molar-refractivity contribution in [3.63, 3.8) is 0 Å². The van der Waals surface area contributed by atoms with Crippen LogP contribution in [0.1, 0.15) is 31.7 Å². The standard InChI is InChI=1S/C17H24F2N2O3/c1-3-23-15-9-12(6-7-14(15)24-17(18)19)11-21(2)16(22)10-13-5-4-8-20-13/h6-7,9,13,17,20H,3-5,8,10-11H2,1-2H3. The predicted molar refractivity (Wildman–Crippen MR) is 86.4 cm³/mol. The van der Waals surface area contributed by atoms with Crippen LogP contribution in [0, 0.1) is 0 Å². The van der Waals surface area contributed by atoms with Crippen LogP contribution in [0.2, 0.25) is 0 Å². The molecule has 1 aromatic rings. The average molecular weight is 342 g/mol. The minimum atomic E-state index is -2.90. The van der Waals surface area contributed by atoms with E-state index in [1.807, 2.05) is 0 Å². The van der Waals surface area contributed by atoms with E-state index in [0.717, 1.165) is 24.9 Å². The van der Waals surface area contributed by atoms with Crippen LogP contribution in [0.25, 0.3) is 0 Å². The fraction of sp³-hybridized carbons (Fsp3) is 0.588. The van der Waals surface area contributed by atoms with Gasteiger partial charge in [-0.05, 0) is 44.0 Å². The highest BCUT2D eigenvalue weighted by atomic mass is 19.3. The lowest BCUT2D eigenvalue weighted by atomic mass is 10.1. The average Bonchev–Trinajstić information content (AvgIpc) is 3.02. The van der Waals surface area contributed by atoms with Gasteiger partial charge >= 0.3 is 6.61 Å². The lowest BCUT2D eigenvalue weighted by molar-refractivity contribution is -0.130. The molecule has 24 heavy (non-hydrogen) atoms. The van der Waals surface area contributed by atoms with Gasteiger partial charge in [0.15, 0.2) is 11.5 Å². The van der Waals surface area contributed by atoms with Crippen molar-refractivity contribution < 1.29 is 23.0 Å². The van der Waals surface area contributed by atoms with Crippen molar-refractivity contribution in [2.75, 3.05) is 20.2 Å². The molecule has 1 aromatic carbocycles. The number of ether oxygens (including phenoxy) is 2. The van der Waals surface area contributed by atoms with Crippen LogP contribution in [0.4, 0.5) is 8.78 Å². The monoisotopic (exact) mass is 342 g/mol. The van der Waals surface area contributed by atoms with Crippen LogP contribution in [0.5, 0.6) is 11.5 Å². The Balaban J connectivity index is 1.99. The van der Waals surface area contributed by atoms with E-state index >= 15 is 0 Å². The minimum Gasteiger partial charge on any atom is -0.490 e. The van der Waals surface area contributed by atoms with E-state index in [1.165, 1.54) is 6.07 Å². The Labute approximate surface area is 140 Å². The van der Waals surface area contributed by atoms with Gasteiger partial charge in [-0.1, -0.05) is 6.07 Å². The van der Waals surface area contributed by atoms with Gasteiger partial charge in [-0.25, -0.2) is 0 Å². The first-order chi connectivity index (χ1) is 11.5. The molecular weight excluding hydrogens is 318 g/mol. The molecule has 1 aliphatic rings. The normalized spacial score (nSPS) is 17.1. The topological polar surface area (TPSA) is 50.8 Å². The molecule has 1 aliphatic heterocycles. The summed E-state index contributed by atoms with van der Waals surface area (Å²) in [5.74, 6) is 0.314. The van der Waals surface area contributed by atoms with Crippen LogP contribution in [0.3, 0.4) is 0 Å². The molecule has 0 aliphatic carbocycles. The molecule has 0 saturated carbocycles. The van der Waals surface area contributed by atoms with E-state index in [4.69, 9.17) is 4.74 Å². The van der Waals surface area contributed by atoms with Crippen molar-refractivity contribution in [3.8, 4) is 11.5 Å². The predicted octanol–water partition coefficient (Wildman–Crippen LogP) is 2.79. The zero-order valence-corrected chi connectivity index (χ0v) is 14.1. The summed E-state index contributed by atoms with van der Waals surface area (Å²) in [6, 6.07) is 5.00. The maximum Gasteiger partial charge on any atom is 0.387 e. The SMILES string of the molecule is CCOc1cc(CN(C)C(=O)CC2CCCN2)ccc1OC(F)F. The van der Waals surface area contributed by atoms with Crippen molar-refractivity contribution >= 4 is 5.91 Å². The number of rotatable bonds is 8. The number of nitrogens with zero attached hydrogens (tertiary/aromatic N) is 1. The number of halogens is 2. The molecule has 1 saturated heterocycles. The summed E-state index contributed by atoms with van der Waals surface area (Å²) >= 11 is 0. The largest absolute Gasteiger partial charge is 0.490 e. The molecule has 1 unspecified atom stereocenters. The lowest BCUT2D eigenvalue weighted by Gasteiger charge is -2.20. The van der Waals surface area contributed by atoms with E-state index in [9.17, 15) is 13.6 Å². The van der Waals surface area contributed by atoms with Gasteiger partial charge < -0.3 is 19.7 Å². The third kappa shape index (κ3) is 5.33. The first-order valence-corrected chi connectivity index (χ1v) is 8.17. The molecule has 7 heteroatoms. The Kier molecular flexibility index (Phi) is 6.78. The van der Waals surface area contributed by atoms with Gasteiger partial charge in [0.2, 0.25) is 5.91 Å². The highest BCUT2D eigenvalue weighted by molar-refractivity contribution is 5.76. The van der Waals surface area contributed by atoms with Gasteiger partial charge in [-0.3, -0.25) is 4.79 Å².